The summed E-state index contributed by atoms with van der Waals surface area (Å²) in [7, 11) is 3.10. The van der Waals surface area contributed by atoms with E-state index in [0.717, 1.165) is 5.56 Å². The highest BCUT2D eigenvalue weighted by Crippen LogP contribution is 2.04. The topological polar surface area (TPSA) is 38.7 Å². The number of rotatable bonds is 2. The van der Waals surface area contributed by atoms with E-state index >= 15 is 0 Å². The van der Waals surface area contributed by atoms with Crippen LogP contribution in [-0.2, 0) is 6.54 Å². The van der Waals surface area contributed by atoms with Crippen molar-refractivity contribution in [2.75, 3.05) is 14.1 Å². The second kappa shape index (κ2) is 4.60. The molecule has 0 heterocycles. The van der Waals surface area contributed by atoms with Gasteiger partial charge in [0.1, 0.15) is 5.82 Å². The molecular formula is C10H12FN2O-. The highest BCUT2D eigenvalue weighted by Gasteiger charge is 1.98. The Labute approximate surface area is 82.5 Å². The fraction of sp³-hybridized carbons (Fsp3) is 0.300. The van der Waals surface area contributed by atoms with Crippen LogP contribution in [0.3, 0.4) is 0 Å². The molecule has 0 amide bonds. The SMILES string of the molecule is CN=C([O-])N(C)Cc1ccc(F)cc1. The van der Waals surface area contributed by atoms with Crippen LogP contribution in [0.1, 0.15) is 5.56 Å². The average molecular weight is 195 g/mol. The van der Waals surface area contributed by atoms with Gasteiger partial charge in [0, 0.05) is 26.7 Å². The van der Waals surface area contributed by atoms with Gasteiger partial charge in [-0.3, -0.25) is 4.99 Å². The Balaban J connectivity index is 2.65. The maximum atomic E-state index is 12.5. The van der Waals surface area contributed by atoms with Crippen molar-refractivity contribution in [1.29, 1.82) is 0 Å². The van der Waals surface area contributed by atoms with Gasteiger partial charge in [-0.05, 0) is 17.7 Å². The van der Waals surface area contributed by atoms with E-state index in [1.165, 1.54) is 24.1 Å². The monoisotopic (exact) mass is 195 g/mol. The van der Waals surface area contributed by atoms with Crippen LogP contribution in [0.5, 0.6) is 0 Å². The van der Waals surface area contributed by atoms with Crippen LogP contribution in [-0.4, -0.2) is 25.0 Å². The van der Waals surface area contributed by atoms with Crippen LogP contribution < -0.4 is 5.11 Å². The summed E-state index contributed by atoms with van der Waals surface area (Å²) in [6.07, 6.45) is 0. The first-order valence-corrected chi connectivity index (χ1v) is 4.23. The van der Waals surface area contributed by atoms with Gasteiger partial charge in [0.25, 0.3) is 0 Å². The van der Waals surface area contributed by atoms with Crippen LogP contribution in [0.2, 0.25) is 0 Å². The molecule has 1 aromatic carbocycles. The largest absolute Gasteiger partial charge is 0.846 e. The van der Waals surface area contributed by atoms with E-state index < -0.39 is 0 Å². The number of hydrogen-bond acceptors (Lipinski definition) is 2. The van der Waals surface area contributed by atoms with E-state index in [9.17, 15) is 9.50 Å². The Morgan fingerprint density at radius 2 is 2.00 bits per heavy atom. The van der Waals surface area contributed by atoms with Crippen molar-refractivity contribution in [2.45, 2.75) is 6.54 Å². The molecule has 0 radical (unpaired) electrons. The zero-order chi connectivity index (χ0) is 10.6. The van der Waals surface area contributed by atoms with Gasteiger partial charge >= 0.3 is 0 Å². The third kappa shape index (κ3) is 2.73. The fourth-order valence-electron chi connectivity index (χ4n) is 1.10. The first-order valence-electron chi connectivity index (χ1n) is 4.23. The van der Waals surface area contributed by atoms with Crippen molar-refractivity contribution in [3.05, 3.63) is 35.6 Å². The van der Waals surface area contributed by atoms with E-state index in [-0.39, 0.29) is 11.8 Å². The van der Waals surface area contributed by atoms with Crippen molar-refractivity contribution in [3.8, 4) is 0 Å². The van der Waals surface area contributed by atoms with Crippen LogP contribution >= 0.6 is 0 Å². The third-order valence-corrected chi connectivity index (χ3v) is 1.85. The summed E-state index contributed by atoms with van der Waals surface area (Å²) < 4.78 is 12.5. The number of nitrogens with zero attached hydrogens (tertiary/aromatic N) is 2. The van der Waals surface area contributed by atoms with Gasteiger partial charge in [0.15, 0.2) is 0 Å². The Morgan fingerprint density at radius 1 is 1.43 bits per heavy atom. The van der Waals surface area contributed by atoms with Gasteiger partial charge in [-0.2, -0.15) is 0 Å². The molecule has 0 aromatic heterocycles. The summed E-state index contributed by atoms with van der Waals surface area (Å²) >= 11 is 0. The van der Waals surface area contributed by atoms with E-state index in [2.05, 4.69) is 4.99 Å². The third-order valence-electron chi connectivity index (χ3n) is 1.85. The lowest BCUT2D eigenvalue weighted by Gasteiger charge is -2.24. The summed E-state index contributed by atoms with van der Waals surface area (Å²) in [5.74, 6) is -0.275. The van der Waals surface area contributed by atoms with Crippen LogP contribution in [0.4, 0.5) is 4.39 Å². The molecule has 1 rings (SSSR count). The van der Waals surface area contributed by atoms with Gasteiger partial charge in [-0.15, -0.1) is 0 Å². The van der Waals surface area contributed by atoms with Crippen molar-refractivity contribution >= 4 is 6.02 Å². The number of aliphatic imine (C=N–C) groups is 1. The molecule has 76 valence electrons. The molecule has 0 aliphatic rings. The molecule has 1 aromatic rings. The minimum absolute atomic E-state index is 0.275. The maximum absolute atomic E-state index is 12.5. The van der Waals surface area contributed by atoms with E-state index in [4.69, 9.17) is 0 Å². The van der Waals surface area contributed by atoms with Crippen molar-refractivity contribution in [2.24, 2.45) is 4.99 Å². The Kier molecular flexibility index (Phi) is 3.45. The molecule has 0 unspecified atom stereocenters. The summed E-state index contributed by atoms with van der Waals surface area (Å²) in [5.41, 5.74) is 0.880. The first kappa shape index (κ1) is 10.5. The van der Waals surface area contributed by atoms with E-state index in [0.29, 0.717) is 6.54 Å². The maximum Gasteiger partial charge on any atom is 0.123 e. The van der Waals surface area contributed by atoms with Gasteiger partial charge in [0.2, 0.25) is 0 Å². The summed E-state index contributed by atoms with van der Waals surface area (Å²) in [5, 5.41) is 11.1. The highest BCUT2D eigenvalue weighted by atomic mass is 19.1. The summed E-state index contributed by atoms with van der Waals surface area (Å²) in [6, 6.07) is 5.76. The van der Waals surface area contributed by atoms with Crippen LogP contribution in [0.15, 0.2) is 29.3 Å². The van der Waals surface area contributed by atoms with Crippen molar-refractivity contribution < 1.29 is 9.50 Å². The normalized spacial score (nSPS) is 11.5. The molecule has 0 atom stereocenters. The second-order valence-electron chi connectivity index (χ2n) is 2.99. The minimum atomic E-state index is -0.283. The number of benzene rings is 1. The van der Waals surface area contributed by atoms with Crippen molar-refractivity contribution in [1.82, 2.24) is 4.90 Å². The van der Waals surface area contributed by atoms with Crippen LogP contribution in [0.25, 0.3) is 0 Å². The molecule has 3 nitrogen and oxygen atoms in total. The number of hydrogen-bond donors (Lipinski definition) is 0. The lowest BCUT2D eigenvalue weighted by Crippen LogP contribution is -2.36. The average Bonchev–Trinajstić information content (AvgIpc) is 2.20. The van der Waals surface area contributed by atoms with Gasteiger partial charge < -0.3 is 10.0 Å². The molecule has 0 saturated carbocycles. The zero-order valence-electron chi connectivity index (χ0n) is 8.20. The van der Waals surface area contributed by atoms with E-state index in [1.807, 2.05) is 0 Å². The number of amidine groups is 1. The van der Waals surface area contributed by atoms with Gasteiger partial charge in [-0.25, -0.2) is 4.39 Å². The molecule has 0 aliphatic heterocycles. The highest BCUT2D eigenvalue weighted by molar-refractivity contribution is 5.68. The minimum Gasteiger partial charge on any atom is -0.846 e. The lowest BCUT2D eigenvalue weighted by atomic mass is 10.2. The predicted molar refractivity (Wildman–Crippen MR) is 51.2 cm³/mol. The lowest BCUT2D eigenvalue weighted by molar-refractivity contribution is -0.234. The molecule has 0 fully saturated rings. The molecule has 0 N–H and O–H groups in total. The Hall–Kier alpha value is -1.58. The second-order valence-corrected chi connectivity index (χ2v) is 2.99. The molecular weight excluding hydrogens is 183 g/mol. The quantitative estimate of drug-likeness (QED) is 0.512. The molecule has 0 bridgehead atoms. The summed E-state index contributed by atoms with van der Waals surface area (Å²) in [4.78, 5) is 4.98. The first-order chi connectivity index (χ1) is 6.63. The molecule has 14 heavy (non-hydrogen) atoms. The Morgan fingerprint density at radius 3 is 2.50 bits per heavy atom. The molecule has 0 saturated heterocycles. The molecule has 0 aliphatic carbocycles. The smallest absolute Gasteiger partial charge is 0.123 e. The van der Waals surface area contributed by atoms with E-state index in [1.54, 1.807) is 19.2 Å². The predicted octanol–water partition coefficient (Wildman–Crippen LogP) is 0.604. The molecule has 4 heteroatoms. The van der Waals surface area contributed by atoms with Crippen LogP contribution in [0, 0.1) is 5.82 Å². The van der Waals surface area contributed by atoms with Gasteiger partial charge in [0.05, 0.1) is 0 Å². The summed E-state index contributed by atoms with van der Waals surface area (Å²) in [6.45, 7) is 0.441. The Bertz CT molecular complexity index is 321. The van der Waals surface area contributed by atoms with Gasteiger partial charge in [-0.1, -0.05) is 12.1 Å². The number of halogens is 1. The zero-order valence-corrected chi connectivity index (χ0v) is 8.20. The molecule has 0 spiro atoms. The standard InChI is InChI=1S/C10H13FN2O/c1-12-10(14)13(2)7-8-3-5-9(11)6-4-8/h3-6H,7H2,1-2H3,(H,12,14)/p-1. The van der Waals surface area contributed by atoms with Crippen molar-refractivity contribution in [3.63, 3.8) is 0 Å². The fourth-order valence-corrected chi connectivity index (χ4v) is 1.10.